The molecule has 0 aliphatic carbocycles. The molecule has 0 saturated heterocycles. The lowest BCUT2D eigenvalue weighted by Gasteiger charge is -2.08. The Labute approximate surface area is 101 Å². The third-order valence-corrected chi connectivity index (χ3v) is 3.16. The minimum atomic E-state index is -0.134. The third kappa shape index (κ3) is 4.53. The molecule has 1 heterocycles. The molecule has 5 heteroatoms. The largest absolute Gasteiger partial charge is 0.338 e. The predicted molar refractivity (Wildman–Crippen MR) is 67.1 cm³/mol. The van der Waals surface area contributed by atoms with E-state index in [0.29, 0.717) is 17.1 Å². The molecule has 0 saturated carbocycles. The second-order valence-electron chi connectivity index (χ2n) is 4.64. The molecule has 0 spiro atoms. The van der Waals surface area contributed by atoms with Gasteiger partial charge in [0.2, 0.25) is 5.89 Å². The zero-order valence-electron chi connectivity index (χ0n) is 10.4. The van der Waals surface area contributed by atoms with Crippen molar-refractivity contribution in [2.24, 2.45) is 11.7 Å². The molecule has 92 valence electrons. The summed E-state index contributed by atoms with van der Waals surface area (Å²) in [4.78, 5) is 4.31. The molecule has 0 bridgehead atoms. The van der Waals surface area contributed by atoms with E-state index in [1.807, 2.05) is 0 Å². The van der Waals surface area contributed by atoms with Crippen LogP contribution in [0.5, 0.6) is 0 Å². The van der Waals surface area contributed by atoms with E-state index >= 15 is 0 Å². The lowest BCUT2D eigenvalue weighted by atomic mass is 10.0. The first-order valence-electron chi connectivity index (χ1n) is 5.68. The van der Waals surface area contributed by atoms with Gasteiger partial charge in [-0.2, -0.15) is 16.7 Å². The van der Waals surface area contributed by atoms with Crippen LogP contribution in [0.25, 0.3) is 0 Å². The average Bonchev–Trinajstić information content (AvgIpc) is 2.61. The van der Waals surface area contributed by atoms with Gasteiger partial charge >= 0.3 is 0 Å². The molecule has 1 aromatic rings. The topological polar surface area (TPSA) is 64.9 Å². The van der Waals surface area contributed by atoms with Crippen molar-refractivity contribution in [2.75, 3.05) is 0 Å². The van der Waals surface area contributed by atoms with Gasteiger partial charge in [0, 0.05) is 0 Å². The smallest absolute Gasteiger partial charge is 0.243 e. The molecule has 1 atom stereocenters. The number of hydrogen-bond donors (Lipinski definition) is 1. The van der Waals surface area contributed by atoms with Crippen molar-refractivity contribution in [1.29, 1.82) is 0 Å². The van der Waals surface area contributed by atoms with Gasteiger partial charge in [-0.05, 0) is 17.6 Å². The monoisotopic (exact) mass is 243 g/mol. The van der Waals surface area contributed by atoms with Crippen molar-refractivity contribution < 1.29 is 4.52 Å². The van der Waals surface area contributed by atoms with E-state index in [4.69, 9.17) is 10.3 Å². The first-order valence-corrected chi connectivity index (χ1v) is 6.73. The summed E-state index contributed by atoms with van der Waals surface area (Å²) in [5.74, 6) is 2.63. The first kappa shape index (κ1) is 13.5. The fourth-order valence-corrected chi connectivity index (χ4v) is 1.93. The molecule has 4 nitrogen and oxygen atoms in total. The number of hydrogen-bond acceptors (Lipinski definition) is 5. The van der Waals surface area contributed by atoms with Crippen LogP contribution in [0.15, 0.2) is 4.52 Å². The van der Waals surface area contributed by atoms with Gasteiger partial charge in [-0.15, -0.1) is 0 Å². The van der Waals surface area contributed by atoms with Crippen LogP contribution in [-0.2, 0) is 5.75 Å². The summed E-state index contributed by atoms with van der Waals surface area (Å²) < 4.78 is 5.16. The van der Waals surface area contributed by atoms with Crippen LogP contribution in [0.4, 0.5) is 0 Å². The molecule has 0 aliphatic rings. The molecule has 0 aromatic carbocycles. The summed E-state index contributed by atoms with van der Waals surface area (Å²) in [6.07, 6.45) is 0.874. The Kier molecular flexibility index (Phi) is 5.28. The van der Waals surface area contributed by atoms with Crippen LogP contribution in [0, 0.1) is 5.92 Å². The standard InChI is InChI=1S/C11H21N3OS/c1-7(2)5-9(12)11-13-10(14-15-11)6-16-8(3)4/h7-9H,5-6,12H2,1-4H3/t9-/m1/s1. The van der Waals surface area contributed by atoms with Gasteiger partial charge in [-0.1, -0.05) is 32.9 Å². The van der Waals surface area contributed by atoms with Gasteiger partial charge in [0.1, 0.15) is 0 Å². The average molecular weight is 243 g/mol. The van der Waals surface area contributed by atoms with Gasteiger partial charge in [-0.3, -0.25) is 0 Å². The maximum Gasteiger partial charge on any atom is 0.243 e. The zero-order valence-corrected chi connectivity index (χ0v) is 11.3. The number of rotatable bonds is 6. The van der Waals surface area contributed by atoms with E-state index < -0.39 is 0 Å². The van der Waals surface area contributed by atoms with Crippen molar-refractivity contribution in [3.63, 3.8) is 0 Å². The van der Waals surface area contributed by atoms with Gasteiger partial charge in [0.25, 0.3) is 0 Å². The molecular formula is C11H21N3OS. The summed E-state index contributed by atoms with van der Waals surface area (Å²) >= 11 is 1.80. The molecule has 1 aromatic heterocycles. The molecule has 0 fully saturated rings. The highest BCUT2D eigenvalue weighted by Gasteiger charge is 2.16. The van der Waals surface area contributed by atoms with Gasteiger partial charge < -0.3 is 10.3 Å². The van der Waals surface area contributed by atoms with E-state index in [1.165, 1.54) is 0 Å². The van der Waals surface area contributed by atoms with Crippen molar-refractivity contribution in [3.8, 4) is 0 Å². The molecule has 0 radical (unpaired) electrons. The Hall–Kier alpha value is -0.550. The van der Waals surface area contributed by atoms with Gasteiger partial charge in [0.05, 0.1) is 11.8 Å². The lowest BCUT2D eigenvalue weighted by molar-refractivity contribution is 0.333. The number of aromatic nitrogens is 2. The Morgan fingerprint density at radius 3 is 2.56 bits per heavy atom. The van der Waals surface area contributed by atoms with Crippen molar-refractivity contribution >= 4 is 11.8 Å². The summed E-state index contributed by atoms with van der Waals surface area (Å²) in [5, 5.41) is 4.50. The molecule has 2 N–H and O–H groups in total. The highest BCUT2D eigenvalue weighted by atomic mass is 32.2. The Balaban J connectivity index is 2.50. The van der Waals surface area contributed by atoms with Crippen molar-refractivity contribution in [3.05, 3.63) is 11.7 Å². The molecular weight excluding hydrogens is 222 g/mol. The minimum Gasteiger partial charge on any atom is -0.338 e. The fraction of sp³-hybridized carbons (Fsp3) is 0.818. The Bertz CT molecular complexity index is 312. The summed E-state index contributed by atoms with van der Waals surface area (Å²) in [5.41, 5.74) is 5.96. The number of thioether (sulfide) groups is 1. The van der Waals surface area contributed by atoms with Gasteiger partial charge in [-0.25, -0.2) is 0 Å². The minimum absolute atomic E-state index is 0.134. The van der Waals surface area contributed by atoms with E-state index in [2.05, 4.69) is 37.8 Å². The maximum absolute atomic E-state index is 5.96. The first-order chi connectivity index (χ1) is 7.49. The molecule has 16 heavy (non-hydrogen) atoms. The van der Waals surface area contributed by atoms with Crippen molar-refractivity contribution in [1.82, 2.24) is 10.1 Å². The molecule has 0 amide bonds. The van der Waals surface area contributed by atoms with E-state index in [-0.39, 0.29) is 6.04 Å². The second-order valence-corrected chi connectivity index (χ2v) is 6.21. The van der Waals surface area contributed by atoms with Crippen LogP contribution < -0.4 is 5.73 Å². The van der Waals surface area contributed by atoms with E-state index in [1.54, 1.807) is 11.8 Å². The molecule has 1 rings (SSSR count). The summed E-state index contributed by atoms with van der Waals surface area (Å²) in [6.45, 7) is 8.56. The zero-order chi connectivity index (χ0) is 12.1. The summed E-state index contributed by atoms with van der Waals surface area (Å²) in [7, 11) is 0. The fourth-order valence-electron chi connectivity index (χ4n) is 1.33. The van der Waals surface area contributed by atoms with E-state index in [0.717, 1.165) is 18.0 Å². The molecule has 0 unspecified atom stereocenters. The maximum atomic E-state index is 5.96. The van der Waals surface area contributed by atoms with Crippen LogP contribution in [0.3, 0.4) is 0 Å². The second kappa shape index (κ2) is 6.25. The summed E-state index contributed by atoms with van der Waals surface area (Å²) in [6, 6.07) is -0.134. The highest BCUT2D eigenvalue weighted by molar-refractivity contribution is 7.99. The van der Waals surface area contributed by atoms with Crippen LogP contribution in [0.1, 0.15) is 51.9 Å². The normalized spacial score (nSPS) is 13.7. The van der Waals surface area contributed by atoms with Crippen molar-refractivity contribution in [2.45, 2.75) is 51.2 Å². The molecule has 0 aliphatic heterocycles. The predicted octanol–water partition coefficient (Wildman–Crippen LogP) is 2.76. The highest BCUT2D eigenvalue weighted by Crippen LogP contribution is 2.19. The number of nitrogens with two attached hydrogens (primary N) is 1. The van der Waals surface area contributed by atoms with Gasteiger partial charge in [0.15, 0.2) is 5.82 Å². The SMILES string of the molecule is CC(C)C[C@@H](N)c1nc(CSC(C)C)no1. The van der Waals surface area contributed by atoms with Crippen LogP contribution in [-0.4, -0.2) is 15.4 Å². The third-order valence-electron chi connectivity index (χ3n) is 2.07. The van der Waals surface area contributed by atoms with Crippen LogP contribution in [0.2, 0.25) is 0 Å². The van der Waals surface area contributed by atoms with Crippen LogP contribution >= 0.6 is 11.8 Å². The number of nitrogens with zero attached hydrogens (tertiary/aromatic N) is 2. The Morgan fingerprint density at radius 2 is 2.00 bits per heavy atom. The quantitative estimate of drug-likeness (QED) is 0.832. The Morgan fingerprint density at radius 1 is 1.31 bits per heavy atom. The lowest BCUT2D eigenvalue weighted by Crippen LogP contribution is -2.13. The van der Waals surface area contributed by atoms with E-state index in [9.17, 15) is 0 Å².